The summed E-state index contributed by atoms with van der Waals surface area (Å²) >= 11 is 1.54. The van der Waals surface area contributed by atoms with Crippen molar-refractivity contribution in [2.75, 3.05) is 13.2 Å². The van der Waals surface area contributed by atoms with Crippen LogP contribution in [-0.2, 0) is 10.2 Å². The molecule has 1 aromatic heterocycles. The molecule has 0 amide bonds. The number of hydrogen-bond donors (Lipinski definition) is 0. The molecule has 0 atom stereocenters. The van der Waals surface area contributed by atoms with Crippen LogP contribution in [0, 0.1) is 11.3 Å². The molecule has 1 aliphatic heterocycles. The molecule has 3 nitrogen and oxygen atoms in total. The van der Waals surface area contributed by atoms with Gasteiger partial charge in [-0.15, -0.1) is 11.3 Å². The normalized spacial score (nSPS) is 17.1. The molecule has 0 bridgehead atoms. The van der Waals surface area contributed by atoms with Crippen molar-refractivity contribution in [1.29, 1.82) is 5.26 Å². The van der Waals surface area contributed by atoms with Crippen LogP contribution in [-0.4, -0.2) is 18.2 Å². The summed E-state index contributed by atoms with van der Waals surface area (Å²) in [6.07, 6.45) is 0. The Morgan fingerprint density at radius 3 is 2.65 bits per heavy atom. The molecule has 1 aromatic carbocycles. The first-order chi connectivity index (χ1) is 8.34. The molecule has 0 N–H and O–H groups in total. The maximum atomic E-state index is 9.21. The summed E-state index contributed by atoms with van der Waals surface area (Å²) < 4.78 is 5.14. The van der Waals surface area contributed by atoms with E-state index >= 15 is 0 Å². The van der Waals surface area contributed by atoms with Crippen molar-refractivity contribution in [3.05, 3.63) is 40.7 Å². The third kappa shape index (κ3) is 1.64. The molecule has 1 saturated heterocycles. The maximum absolute atomic E-state index is 9.21. The standard InChI is InChI=1S/C13H10N2OS/c14-7-13(8-16-9-13)12-15-11(6-17-12)10-4-2-1-3-5-10/h1-6H,8-9H2. The monoisotopic (exact) mass is 242 g/mol. The largest absolute Gasteiger partial charge is 0.377 e. The highest BCUT2D eigenvalue weighted by atomic mass is 32.1. The fourth-order valence-electron chi connectivity index (χ4n) is 1.78. The highest BCUT2D eigenvalue weighted by Gasteiger charge is 2.43. The highest BCUT2D eigenvalue weighted by Crippen LogP contribution is 2.35. The number of thiazole rings is 1. The van der Waals surface area contributed by atoms with Crippen molar-refractivity contribution < 1.29 is 4.74 Å². The van der Waals surface area contributed by atoms with Gasteiger partial charge in [-0.2, -0.15) is 5.26 Å². The predicted octanol–water partition coefficient (Wildman–Crippen LogP) is 2.60. The molecule has 1 aliphatic rings. The Kier molecular flexibility index (Phi) is 2.43. The predicted molar refractivity (Wildman–Crippen MR) is 65.7 cm³/mol. The number of hydrogen-bond acceptors (Lipinski definition) is 4. The van der Waals surface area contributed by atoms with Gasteiger partial charge in [-0.3, -0.25) is 0 Å². The van der Waals surface area contributed by atoms with Crippen LogP contribution in [0.15, 0.2) is 35.7 Å². The lowest BCUT2D eigenvalue weighted by molar-refractivity contribution is -0.0298. The quantitative estimate of drug-likeness (QED) is 0.813. The lowest BCUT2D eigenvalue weighted by Crippen LogP contribution is -2.45. The van der Waals surface area contributed by atoms with E-state index in [1.165, 1.54) is 11.3 Å². The molecule has 0 unspecified atom stereocenters. The average Bonchev–Trinajstić information content (AvgIpc) is 2.80. The molecule has 2 aromatic rings. The van der Waals surface area contributed by atoms with Crippen molar-refractivity contribution in [3.8, 4) is 17.3 Å². The molecule has 0 radical (unpaired) electrons. The van der Waals surface area contributed by atoms with Crippen LogP contribution in [0.5, 0.6) is 0 Å². The van der Waals surface area contributed by atoms with Gasteiger partial charge in [0.15, 0.2) is 5.41 Å². The Bertz CT molecular complexity index is 567. The average molecular weight is 242 g/mol. The van der Waals surface area contributed by atoms with Gasteiger partial charge in [0.1, 0.15) is 5.01 Å². The first-order valence-corrected chi connectivity index (χ1v) is 6.22. The summed E-state index contributed by atoms with van der Waals surface area (Å²) in [6, 6.07) is 12.3. The zero-order chi connectivity index (χ0) is 11.7. The van der Waals surface area contributed by atoms with Crippen LogP contribution in [0.1, 0.15) is 5.01 Å². The van der Waals surface area contributed by atoms with Crippen molar-refractivity contribution >= 4 is 11.3 Å². The van der Waals surface area contributed by atoms with Crippen LogP contribution in [0.4, 0.5) is 0 Å². The van der Waals surface area contributed by atoms with E-state index in [2.05, 4.69) is 11.1 Å². The summed E-state index contributed by atoms with van der Waals surface area (Å²) in [5.41, 5.74) is 1.52. The van der Waals surface area contributed by atoms with E-state index in [1.807, 2.05) is 35.7 Å². The molecular formula is C13H10N2OS. The van der Waals surface area contributed by atoms with Gasteiger partial charge >= 0.3 is 0 Å². The Morgan fingerprint density at radius 1 is 1.29 bits per heavy atom. The van der Waals surface area contributed by atoms with Gasteiger partial charge in [0.05, 0.1) is 25.0 Å². The molecule has 2 heterocycles. The van der Waals surface area contributed by atoms with Gasteiger partial charge < -0.3 is 4.74 Å². The third-order valence-corrected chi connectivity index (χ3v) is 3.94. The minimum absolute atomic E-state index is 0.464. The second-order valence-corrected chi connectivity index (χ2v) is 4.95. The lowest BCUT2D eigenvalue weighted by Gasteiger charge is -2.32. The second-order valence-electron chi connectivity index (χ2n) is 4.09. The number of benzene rings is 1. The minimum atomic E-state index is -0.502. The van der Waals surface area contributed by atoms with E-state index in [0.29, 0.717) is 13.2 Å². The molecule has 0 aliphatic carbocycles. The van der Waals surface area contributed by atoms with Crippen molar-refractivity contribution in [2.24, 2.45) is 0 Å². The smallest absolute Gasteiger partial charge is 0.155 e. The maximum Gasteiger partial charge on any atom is 0.155 e. The summed E-state index contributed by atoms with van der Waals surface area (Å²) in [6.45, 7) is 0.927. The zero-order valence-corrected chi connectivity index (χ0v) is 9.91. The summed E-state index contributed by atoms with van der Waals surface area (Å²) in [5.74, 6) is 0. The van der Waals surface area contributed by atoms with E-state index in [1.54, 1.807) is 0 Å². The van der Waals surface area contributed by atoms with E-state index in [0.717, 1.165) is 16.3 Å². The Morgan fingerprint density at radius 2 is 2.06 bits per heavy atom. The van der Waals surface area contributed by atoms with Gasteiger partial charge in [0.2, 0.25) is 0 Å². The molecule has 0 spiro atoms. The number of nitriles is 1. The summed E-state index contributed by atoms with van der Waals surface area (Å²) in [7, 11) is 0. The Labute approximate surface area is 103 Å². The molecule has 1 fully saturated rings. The van der Waals surface area contributed by atoms with Crippen LogP contribution < -0.4 is 0 Å². The molecular weight excluding hydrogens is 232 g/mol. The van der Waals surface area contributed by atoms with E-state index in [-0.39, 0.29) is 0 Å². The van der Waals surface area contributed by atoms with Crippen LogP contribution in [0.3, 0.4) is 0 Å². The van der Waals surface area contributed by atoms with Gasteiger partial charge in [-0.25, -0.2) is 4.98 Å². The van der Waals surface area contributed by atoms with E-state index in [9.17, 15) is 5.26 Å². The fraction of sp³-hybridized carbons (Fsp3) is 0.231. The van der Waals surface area contributed by atoms with Crippen LogP contribution in [0.2, 0.25) is 0 Å². The molecule has 17 heavy (non-hydrogen) atoms. The van der Waals surface area contributed by atoms with Gasteiger partial charge in [-0.1, -0.05) is 30.3 Å². The third-order valence-electron chi connectivity index (χ3n) is 2.89. The number of nitrogens with zero attached hydrogens (tertiary/aromatic N) is 2. The number of aromatic nitrogens is 1. The molecule has 4 heteroatoms. The number of ether oxygens (including phenoxy) is 1. The Hall–Kier alpha value is -1.70. The Balaban J connectivity index is 1.97. The SMILES string of the molecule is N#CC1(c2nc(-c3ccccc3)cs2)COC1. The molecule has 3 rings (SSSR count). The lowest BCUT2D eigenvalue weighted by atomic mass is 9.89. The van der Waals surface area contributed by atoms with E-state index in [4.69, 9.17) is 4.74 Å². The van der Waals surface area contributed by atoms with Crippen molar-refractivity contribution in [2.45, 2.75) is 5.41 Å². The van der Waals surface area contributed by atoms with Gasteiger partial charge in [0.25, 0.3) is 0 Å². The number of rotatable bonds is 2. The van der Waals surface area contributed by atoms with Gasteiger partial charge in [-0.05, 0) is 0 Å². The minimum Gasteiger partial charge on any atom is -0.377 e. The topological polar surface area (TPSA) is 45.9 Å². The van der Waals surface area contributed by atoms with Crippen molar-refractivity contribution in [1.82, 2.24) is 4.98 Å². The van der Waals surface area contributed by atoms with E-state index < -0.39 is 5.41 Å². The second kappa shape index (κ2) is 3.95. The van der Waals surface area contributed by atoms with Gasteiger partial charge in [0, 0.05) is 10.9 Å². The molecule has 0 saturated carbocycles. The highest BCUT2D eigenvalue weighted by molar-refractivity contribution is 7.10. The zero-order valence-electron chi connectivity index (χ0n) is 9.09. The first kappa shape index (κ1) is 10.5. The van der Waals surface area contributed by atoms with Crippen LogP contribution >= 0.6 is 11.3 Å². The molecule has 84 valence electrons. The fourth-order valence-corrected chi connectivity index (χ4v) is 2.73. The van der Waals surface area contributed by atoms with Crippen LogP contribution in [0.25, 0.3) is 11.3 Å². The summed E-state index contributed by atoms with van der Waals surface area (Å²) in [4.78, 5) is 4.56. The van der Waals surface area contributed by atoms with Crippen molar-refractivity contribution in [3.63, 3.8) is 0 Å². The summed E-state index contributed by atoms with van der Waals surface area (Å²) in [5, 5.41) is 12.1. The first-order valence-electron chi connectivity index (χ1n) is 5.34.